The molecule has 4 aromatic rings. The van der Waals surface area contributed by atoms with Crippen LogP contribution in [-0.4, -0.2) is 31.2 Å². The highest BCUT2D eigenvalue weighted by Gasteiger charge is 2.17. The number of aromatic nitrogens is 4. The molecular weight excluding hydrogens is 394 g/mol. The van der Waals surface area contributed by atoms with Crippen molar-refractivity contribution in [1.29, 1.82) is 0 Å². The van der Waals surface area contributed by atoms with Gasteiger partial charge in [0.15, 0.2) is 5.82 Å². The van der Waals surface area contributed by atoms with Crippen molar-refractivity contribution < 1.29 is 4.79 Å². The number of benzene rings is 2. The first-order valence-electron chi connectivity index (χ1n) is 8.54. The summed E-state index contributed by atoms with van der Waals surface area (Å²) in [6, 6.07) is 20.8. The van der Waals surface area contributed by atoms with Crippen LogP contribution in [-0.2, 0) is 4.79 Å². The Morgan fingerprint density at radius 3 is 2.43 bits per heavy atom. The molecule has 0 saturated heterocycles. The number of rotatable bonds is 6. The molecule has 2 aromatic carbocycles. The van der Waals surface area contributed by atoms with E-state index in [1.165, 1.54) is 11.8 Å². The van der Waals surface area contributed by atoms with Crippen LogP contribution >= 0.6 is 23.4 Å². The standard InChI is InChI=1S/C20H16ClN5OS/c21-16-10-4-5-11-17(16)22-18(27)14-28-20-24-23-19(15-8-2-1-3-9-15)26(20)25-12-6-7-13-25/h1-13H,14H2,(H,22,27). The average molecular weight is 410 g/mol. The van der Waals surface area contributed by atoms with Gasteiger partial charge in [0.05, 0.1) is 16.5 Å². The molecule has 0 aliphatic heterocycles. The molecule has 0 atom stereocenters. The molecule has 0 radical (unpaired) electrons. The Morgan fingerprint density at radius 1 is 0.964 bits per heavy atom. The minimum Gasteiger partial charge on any atom is -0.324 e. The van der Waals surface area contributed by atoms with E-state index in [-0.39, 0.29) is 11.7 Å². The summed E-state index contributed by atoms with van der Waals surface area (Å²) in [4.78, 5) is 12.4. The van der Waals surface area contributed by atoms with Gasteiger partial charge in [-0.1, -0.05) is 65.8 Å². The van der Waals surface area contributed by atoms with Crippen molar-refractivity contribution in [1.82, 2.24) is 19.5 Å². The Morgan fingerprint density at radius 2 is 1.68 bits per heavy atom. The maximum Gasteiger partial charge on any atom is 0.234 e. The van der Waals surface area contributed by atoms with Crippen molar-refractivity contribution in [2.45, 2.75) is 5.16 Å². The van der Waals surface area contributed by atoms with Crippen LogP contribution in [0.1, 0.15) is 0 Å². The van der Waals surface area contributed by atoms with Crippen LogP contribution < -0.4 is 5.32 Å². The van der Waals surface area contributed by atoms with Crippen LogP contribution in [0, 0.1) is 0 Å². The fraction of sp³-hybridized carbons (Fsp3) is 0.0500. The minimum atomic E-state index is -0.165. The van der Waals surface area contributed by atoms with E-state index >= 15 is 0 Å². The minimum absolute atomic E-state index is 0.165. The third-order valence-electron chi connectivity index (χ3n) is 3.94. The maximum absolute atomic E-state index is 12.4. The van der Waals surface area contributed by atoms with E-state index in [1.807, 2.05) is 76.3 Å². The van der Waals surface area contributed by atoms with Crippen molar-refractivity contribution in [2.75, 3.05) is 11.1 Å². The normalized spacial score (nSPS) is 10.8. The van der Waals surface area contributed by atoms with Gasteiger partial charge in [-0.25, -0.2) is 4.68 Å². The summed E-state index contributed by atoms with van der Waals surface area (Å²) in [6.07, 6.45) is 3.81. The summed E-state index contributed by atoms with van der Waals surface area (Å²) in [5.41, 5.74) is 1.53. The maximum atomic E-state index is 12.4. The molecule has 1 amide bonds. The van der Waals surface area contributed by atoms with Gasteiger partial charge in [-0.05, 0) is 24.3 Å². The number of nitrogens with zero attached hydrogens (tertiary/aromatic N) is 4. The van der Waals surface area contributed by atoms with Gasteiger partial charge in [0.25, 0.3) is 0 Å². The van der Waals surface area contributed by atoms with Crippen LogP contribution in [0.3, 0.4) is 0 Å². The smallest absolute Gasteiger partial charge is 0.234 e. The Kier molecular flexibility index (Phi) is 5.45. The molecule has 0 fully saturated rings. The summed E-state index contributed by atoms with van der Waals surface area (Å²) < 4.78 is 3.76. The molecule has 4 rings (SSSR count). The van der Waals surface area contributed by atoms with Gasteiger partial charge in [0, 0.05) is 18.0 Å². The summed E-state index contributed by atoms with van der Waals surface area (Å²) in [5, 5.41) is 12.6. The topological polar surface area (TPSA) is 64.7 Å². The molecule has 28 heavy (non-hydrogen) atoms. The lowest BCUT2D eigenvalue weighted by Crippen LogP contribution is -2.16. The quantitative estimate of drug-likeness (QED) is 0.478. The van der Waals surface area contributed by atoms with E-state index in [1.54, 1.807) is 12.1 Å². The number of nitrogens with one attached hydrogen (secondary N) is 1. The van der Waals surface area contributed by atoms with E-state index < -0.39 is 0 Å². The molecule has 140 valence electrons. The van der Waals surface area contributed by atoms with Crippen molar-refractivity contribution in [3.05, 3.63) is 84.1 Å². The molecule has 0 aliphatic rings. The average Bonchev–Trinajstić information content (AvgIpc) is 3.38. The number of anilines is 1. The second-order valence-electron chi connectivity index (χ2n) is 5.86. The number of hydrogen-bond acceptors (Lipinski definition) is 4. The predicted octanol–water partition coefficient (Wildman–Crippen LogP) is 4.44. The number of amides is 1. The monoisotopic (exact) mass is 409 g/mol. The van der Waals surface area contributed by atoms with Gasteiger partial charge in [-0.2, -0.15) is 0 Å². The van der Waals surface area contributed by atoms with Gasteiger partial charge >= 0.3 is 0 Å². The molecule has 8 heteroatoms. The van der Waals surface area contributed by atoms with E-state index in [0.717, 1.165) is 5.56 Å². The molecule has 0 aliphatic carbocycles. The molecule has 1 N–H and O–H groups in total. The zero-order chi connectivity index (χ0) is 19.3. The Balaban J connectivity index is 1.56. The SMILES string of the molecule is O=C(CSc1nnc(-c2ccccc2)n1-n1cccc1)Nc1ccccc1Cl. The summed E-state index contributed by atoms with van der Waals surface area (Å²) in [7, 11) is 0. The summed E-state index contributed by atoms with van der Waals surface area (Å²) in [5.74, 6) is 0.714. The molecule has 2 heterocycles. The molecule has 0 spiro atoms. The van der Waals surface area contributed by atoms with Crippen LogP contribution in [0.4, 0.5) is 5.69 Å². The van der Waals surface area contributed by atoms with Crippen LogP contribution in [0.5, 0.6) is 0 Å². The number of carbonyl (C=O) groups is 1. The van der Waals surface area contributed by atoms with Crippen molar-refractivity contribution >= 4 is 35.0 Å². The Bertz CT molecular complexity index is 1080. The lowest BCUT2D eigenvalue weighted by molar-refractivity contribution is -0.113. The molecular formula is C20H16ClN5OS. The fourth-order valence-corrected chi connectivity index (χ4v) is 3.59. The predicted molar refractivity (Wildman–Crippen MR) is 111 cm³/mol. The lowest BCUT2D eigenvalue weighted by atomic mass is 10.2. The van der Waals surface area contributed by atoms with E-state index in [9.17, 15) is 4.79 Å². The number of thioether (sulfide) groups is 1. The lowest BCUT2D eigenvalue weighted by Gasteiger charge is -2.11. The Hall–Kier alpha value is -3.03. The van der Waals surface area contributed by atoms with Gasteiger partial charge in [0.2, 0.25) is 11.1 Å². The molecule has 0 bridgehead atoms. The van der Waals surface area contributed by atoms with Crippen LogP contribution in [0.25, 0.3) is 11.4 Å². The molecule has 0 unspecified atom stereocenters. The number of hydrogen-bond donors (Lipinski definition) is 1. The first-order chi connectivity index (χ1) is 13.7. The zero-order valence-corrected chi connectivity index (χ0v) is 16.3. The van der Waals surface area contributed by atoms with E-state index in [2.05, 4.69) is 15.5 Å². The molecule has 0 saturated carbocycles. The van der Waals surface area contributed by atoms with Gasteiger partial charge in [-0.3, -0.25) is 9.47 Å². The molecule has 2 aromatic heterocycles. The van der Waals surface area contributed by atoms with Gasteiger partial charge in [0.1, 0.15) is 0 Å². The highest BCUT2D eigenvalue weighted by atomic mass is 35.5. The third-order valence-corrected chi connectivity index (χ3v) is 5.19. The van der Waals surface area contributed by atoms with Crippen molar-refractivity contribution in [3.63, 3.8) is 0 Å². The van der Waals surface area contributed by atoms with E-state index in [0.29, 0.717) is 21.7 Å². The zero-order valence-electron chi connectivity index (χ0n) is 14.7. The van der Waals surface area contributed by atoms with Crippen molar-refractivity contribution in [3.8, 4) is 11.4 Å². The summed E-state index contributed by atoms with van der Waals surface area (Å²) in [6.45, 7) is 0. The van der Waals surface area contributed by atoms with Gasteiger partial charge in [-0.15, -0.1) is 10.2 Å². The first-order valence-corrected chi connectivity index (χ1v) is 9.90. The van der Waals surface area contributed by atoms with E-state index in [4.69, 9.17) is 11.6 Å². The highest BCUT2D eigenvalue weighted by Crippen LogP contribution is 2.25. The van der Waals surface area contributed by atoms with Crippen LogP contribution in [0.15, 0.2) is 84.3 Å². The molecule has 6 nitrogen and oxygen atoms in total. The number of halogens is 1. The second-order valence-corrected chi connectivity index (χ2v) is 7.21. The largest absolute Gasteiger partial charge is 0.324 e. The third kappa shape index (κ3) is 3.95. The number of para-hydroxylation sites is 1. The van der Waals surface area contributed by atoms with Crippen molar-refractivity contribution in [2.24, 2.45) is 0 Å². The van der Waals surface area contributed by atoms with Gasteiger partial charge < -0.3 is 5.32 Å². The second kappa shape index (κ2) is 8.33. The van der Waals surface area contributed by atoms with Crippen LogP contribution in [0.2, 0.25) is 5.02 Å². The Labute approximate surface area is 171 Å². The summed E-state index contributed by atoms with van der Waals surface area (Å²) >= 11 is 7.41. The first kappa shape index (κ1) is 18.3. The number of carbonyl (C=O) groups excluding carboxylic acids is 1. The highest BCUT2D eigenvalue weighted by molar-refractivity contribution is 7.99. The fourth-order valence-electron chi connectivity index (χ4n) is 2.67.